The molecule has 0 spiro atoms. The van der Waals surface area contributed by atoms with E-state index in [1.54, 1.807) is 13.0 Å². The molecule has 0 atom stereocenters. The summed E-state index contributed by atoms with van der Waals surface area (Å²) in [7, 11) is 0. The van der Waals surface area contributed by atoms with Crippen LogP contribution in [0.2, 0.25) is 0 Å². The Kier molecular flexibility index (Phi) is 5.14. The van der Waals surface area contributed by atoms with Crippen LogP contribution in [0.15, 0.2) is 18.2 Å². The summed E-state index contributed by atoms with van der Waals surface area (Å²) in [5.74, 6) is -0.243. The smallest absolute Gasteiger partial charge is 0.311 e. The number of amides is 1. The van der Waals surface area contributed by atoms with Crippen molar-refractivity contribution in [3.05, 3.63) is 33.9 Å². The van der Waals surface area contributed by atoms with Crippen LogP contribution in [0.4, 0.5) is 5.69 Å². The lowest BCUT2D eigenvalue weighted by Crippen LogP contribution is -2.36. The van der Waals surface area contributed by atoms with Crippen molar-refractivity contribution in [1.29, 1.82) is 0 Å². The number of rotatable bonds is 5. The molecule has 1 aromatic carbocycles. The summed E-state index contributed by atoms with van der Waals surface area (Å²) in [5.41, 5.74) is 0.0600. The molecule has 1 fully saturated rings. The summed E-state index contributed by atoms with van der Waals surface area (Å²) >= 11 is 0. The van der Waals surface area contributed by atoms with Gasteiger partial charge in [-0.05, 0) is 25.8 Å². The van der Waals surface area contributed by atoms with E-state index in [0.29, 0.717) is 0 Å². The average molecular weight is 292 g/mol. The number of ether oxygens (including phenoxy) is 1. The van der Waals surface area contributed by atoms with Gasteiger partial charge in [0, 0.05) is 12.1 Å². The maximum absolute atomic E-state index is 12.4. The molecule has 1 amide bonds. The average Bonchev–Trinajstić information content (AvgIpc) is 2.48. The molecule has 6 heteroatoms. The molecule has 0 aromatic heterocycles. The Morgan fingerprint density at radius 1 is 1.38 bits per heavy atom. The predicted octanol–water partition coefficient (Wildman–Crippen LogP) is 3.06. The Hall–Kier alpha value is -2.11. The normalized spacial score (nSPS) is 15.5. The van der Waals surface area contributed by atoms with Gasteiger partial charge in [-0.3, -0.25) is 14.9 Å². The zero-order valence-corrected chi connectivity index (χ0v) is 12.1. The third kappa shape index (κ3) is 3.71. The van der Waals surface area contributed by atoms with Gasteiger partial charge < -0.3 is 10.1 Å². The first-order valence-electron chi connectivity index (χ1n) is 7.34. The first kappa shape index (κ1) is 15.3. The van der Waals surface area contributed by atoms with E-state index < -0.39 is 4.92 Å². The molecule has 0 unspecified atom stereocenters. The molecular formula is C15H20N2O4. The fourth-order valence-corrected chi connectivity index (χ4v) is 2.65. The second-order valence-electron chi connectivity index (χ2n) is 5.15. The second-order valence-corrected chi connectivity index (χ2v) is 5.15. The van der Waals surface area contributed by atoms with Crippen LogP contribution in [0.3, 0.4) is 0 Å². The Labute approximate surface area is 123 Å². The zero-order valence-electron chi connectivity index (χ0n) is 12.1. The quantitative estimate of drug-likeness (QED) is 0.668. The monoisotopic (exact) mass is 292 g/mol. The van der Waals surface area contributed by atoms with Crippen molar-refractivity contribution < 1.29 is 14.5 Å². The largest absolute Gasteiger partial charge is 0.487 e. The summed E-state index contributed by atoms with van der Waals surface area (Å²) < 4.78 is 5.34. The molecule has 21 heavy (non-hydrogen) atoms. The van der Waals surface area contributed by atoms with Crippen molar-refractivity contribution in [2.45, 2.75) is 45.1 Å². The number of para-hydroxylation sites is 1. The van der Waals surface area contributed by atoms with Crippen molar-refractivity contribution in [3.63, 3.8) is 0 Å². The van der Waals surface area contributed by atoms with E-state index in [-0.39, 0.29) is 35.6 Å². The van der Waals surface area contributed by atoms with Crippen LogP contribution < -0.4 is 10.1 Å². The first-order chi connectivity index (χ1) is 10.1. The fraction of sp³-hybridized carbons (Fsp3) is 0.533. The van der Waals surface area contributed by atoms with Crippen LogP contribution in [0.1, 0.15) is 49.4 Å². The van der Waals surface area contributed by atoms with Crippen LogP contribution >= 0.6 is 0 Å². The molecular weight excluding hydrogens is 272 g/mol. The minimum absolute atomic E-state index is 0.0540. The zero-order chi connectivity index (χ0) is 15.2. The highest BCUT2D eigenvalue weighted by Gasteiger charge is 2.24. The summed E-state index contributed by atoms with van der Waals surface area (Å²) in [6.45, 7) is 2.01. The minimum atomic E-state index is -0.525. The van der Waals surface area contributed by atoms with Gasteiger partial charge in [-0.15, -0.1) is 0 Å². The molecule has 0 radical (unpaired) electrons. The summed E-state index contributed by atoms with van der Waals surface area (Å²) in [6, 6.07) is 4.58. The number of benzene rings is 1. The molecule has 0 saturated heterocycles. The number of hydrogen-bond acceptors (Lipinski definition) is 4. The van der Waals surface area contributed by atoms with Gasteiger partial charge in [-0.25, -0.2) is 0 Å². The number of nitrogens with one attached hydrogen (secondary N) is 1. The Balaban J connectivity index is 2.22. The molecule has 1 aliphatic carbocycles. The van der Waals surface area contributed by atoms with E-state index >= 15 is 0 Å². The summed E-state index contributed by atoms with van der Waals surface area (Å²) in [6.07, 6.45) is 5.35. The van der Waals surface area contributed by atoms with Crippen molar-refractivity contribution >= 4 is 11.6 Å². The van der Waals surface area contributed by atoms with Crippen molar-refractivity contribution in [2.24, 2.45) is 0 Å². The molecule has 0 heterocycles. The minimum Gasteiger partial charge on any atom is -0.487 e. The molecule has 1 saturated carbocycles. The Morgan fingerprint density at radius 3 is 2.71 bits per heavy atom. The van der Waals surface area contributed by atoms with E-state index in [4.69, 9.17) is 4.74 Å². The lowest BCUT2D eigenvalue weighted by Gasteiger charge is -2.23. The highest BCUT2D eigenvalue weighted by atomic mass is 16.6. The summed E-state index contributed by atoms with van der Waals surface area (Å²) in [4.78, 5) is 22.9. The van der Waals surface area contributed by atoms with E-state index in [1.807, 2.05) is 0 Å². The number of nitro groups is 1. The third-order valence-electron chi connectivity index (χ3n) is 3.66. The highest BCUT2D eigenvalue weighted by molar-refractivity contribution is 5.98. The van der Waals surface area contributed by atoms with Crippen LogP contribution in [0.25, 0.3) is 0 Å². The topological polar surface area (TPSA) is 81.5 Å². The van der Waals surface area contributed by atoms with E-state index in [0.717, 1.165) is 25.7 Å². The van der Waals surface area contributed by atoms with Gasteiger partial charge in [0.25, 0.3) is 5.91 Å². The lowest BCUT2D eigenvalue weighted by molar-refractivity contribution is -0.385. The maximum Gasteiger partial charge on any atom is 0.311 e. The third-order valence-corrected chi connectivity index (χ3v) is 3.66. The molecule has 114 valence electrons. The fourth-order valence-electron chi connectivity index (χ4n) is 2.65. The summed E-state index contributed by atoms with van der Waals surface area (Å²) in [5, 5.41) is 14.0. The van der Waals surface area contributed by atoms with Crippen LogP contribution in [0.5, 0.6) is 5.75 Å². The second kappa shape index (κ2) is 7.06. The van der Waals surface area contributed by atoms with Gasteiger partial charge in [0.05, 0.1) is 17.1 Å². The predicted molar refractivity (Wildman–Crippen MR) is 78.6 cm³/mol. The number of nitrogens with zero attached hydrogens (tertiary/aromatic N) is 1. The molecule has 2 rings (SSSR count). The van der Waals surface area contributed by atoms with Crippen LogP contribution in [-0.2, 0) is 0 Å². The Bertz CT molecular complexity index is 524. The van der Waals surface area contributed by atoms with Gasteiger partial charge in [0.1, 0.15) is 0 Å². The molecule has 1 aliphatic rings. The van der Waals surface area contributed by atoms with Gasteiger partial charge in [0.15, 0.2) is 0 Å². The molecule has 1 aromatic rings. The molecule has 0 aliphatic heterocycles. The van der Waals surface area contributed by atoms with Gasteiger partial charge in [-0.2, -0.15) is 0 Å². The van der Waals surface area contributed by atoms with Gasteiger partial charge >= 0.3 is 5.69 Å². The van der Waals surface area contributed by atoms with E-state index in [2.05, 4.69) is 5.32 Å². The molecule has 6 nitrogen and oxygen atoms in total. The number of hydrogen-bond donors (Lipinski definition) is 1. The van der Waals surface area contributed by atoms with Crippen molar-refractivity contribution in [1.82, 2.24) is 5.32 Å². The van der Waals surface area contributed by atoms with E-state index in [9.17, 15) is 14.9 Å². The maximum atomic E-state index is 12.4. The molecule has 1 N–H and O–H groups in total. The van der Waals surface area contributed by atoms with Crippen LogP contribution in [-0.4, -0.2) is 23.5 Å². The number of nitro benzene ring substituents is 1. The van der Waals surface area contributed by atoms with Crippen LogP contribution in [0, 0.1) is 10.1 Å². The Morgan fingerprint density at radius 2 is 2.10 bits per heavy atom. The van der Waals surface area contributed by atoms with Crippen molar-refractivity contribution in [2.75, 3.05) is 6.61 Å². The highest BCUT2D eigenvalue weighted by Crippen LogP contribution is 2.31. The van der Waals surface area contributed by atoms with Gasteiger partial charge in [-0.1, -0.05) is 25.3 Å². The SMILES string of the molecule is CCOc1c(C(=O)NC2CCCCC2)cccc1[N+](=O)[O-]. The number of carbonyl (C=O) groups is 1. The standard InChI is InChI=1S/C15H20N2O4/c1-2-21-14-12(9-6-10-13(14)17(19)20)15(18)16-11-7-4-3-5-8-11/h6,9-11H,2-5,7-8H2,1H3,(H,16,18). The first-order valence-corrected chi connectivity index (χ1v) is 7.34. The van der Waals surface area contributed by atoms with E-state index in [1.165, 1.54) is 18.6 Å². The lowest BCUT2D eigenvalue weighted by atomic mass is 9.95. The number of carbonyl (C=O) groups excluding carboxylic acids is 1. The van der Waals surface area contributed by atoms with Gasteiger partial charge in [0.2, 0.25) is 5.75 Å². The van der Waals surface area contributed by atoms with Crippen molar-refractivity contribution in [3.8, 4) is 5.75 Å². The molecule has 0 bridgehead atoms.